The Labute approximate surface area is 185 Å². The molecule has 0 saturated heterocycles. The van der Waals surface area contributed by atoms with Crippen LogP contribution in [-0.2, 0) is 9.53 Å². The second-order valence-corrected chi connectivity index (χ2v) is 8.09. The van der Waals surface area contributed by atoms with Crippen LogP contribution in [0.4, 0.5) is 4.79 Å². The number of nitrogens with one attached hydrogen (secondary N) is 3. The molecular weight excluding hydrogens is 398 g/mol. The first kappa shape index (κ1) is 26.3. The van der Waals surface area contributed by atoms with Crippen molar-refractivity contribution < 1.29 is 23.9 Å². The first-order valence-corrected chi connectivity index (χ1v) is 10.9. The fourth-order valence-electron chi connectivity index (χ4n) is 3.06. The summed E-state index contributed by atoms with van der Waals surface area (Å²) in [4.78, 5) is 37.2. The summed E-state index contributed by atoms with van der Waals surface area (Å²) in [6.45, 7) is 12.5. The highest BCUT2D eigenvalue weighted by Crippen LogP contribution is 2.13. The van der Waals surface area contributed by atoms with Gasteiger partial charge in [0.25, 0.3) is 5.91 Å². The molecule has 2 unspecified atom stereocenters. The third-order valence-electron chi connectivity index (χ3n) is 4.54. The van der Waals surface area contributed by atoms with Crippen molar-refractivity contribution in [2.24, 2.45) is 11.8 Å². The molecule has 0 bridgehead atoms. The maximum absolute atomic E-state index is 12.8. The Kier molecular flexibility index (Phi) is 11.5. The maximum Gasteiger partial charge on any atom is 0.407 e. The van der Waals surface area contributed by atoms with E-state index >= 15 is 0 Å². The quantitative estimate of drug-likeness (QED) is 0.468. The summed E-state index contributed by atoms with van der Waals surface area (Å²) in [6.07, 6.45) is 0.177. The average Bonchev–Trinajstić information content (AvgIpc) is 2.70. The Hall–Kier alpha value is -2.77. The van der Waals surface area contributed by atoms with E-state index in [1.807, 2.05) is 34.6 Å². The molecule has 174 valence electrons. The van der Waals surface area contributed by atoms with Crippen molar-refractivity contribution in [2.75, 3.05) is 19.8 Å². The zero-order valence-corrected chi connectivity index (χ0v) is 19.5. The van der Waals surface area contributed by atoms with E-state index in [0.29, 0.717) is 30.3 Å². The Balaban J connectivity index is 2.74. The maximum atomic E-state index is 12.8. The summed E-state index contributed by atoms with van der Waals surface area (Å²) < 4.78 is 10.3. The molecule has 3 amide bonds. The molecule has 31 heavy (non-hydrogen) atoms. The Morgan fingerprint density at radius 3 is 2.10 bits per heavy atom. The summed E-state index contributed by atoms with van der Waals surface area (Å²) >= 11 is 0. The van der Waals surface area contributed by atoms with Crippen molar-refractivity contribution in [3.63, 3.8) is 0 Å². The number of hydrogen-bond donors (Lipinski definition) is 3. The van der Waals surface area contributed by atoms with Crippen molar-refractivity contribution in [2.45, 2.75) is 60.0 Å². The minimum Gasteiger partial charge on any atom is -0.494 e. The number of benzene rings is 1. The van der Waals surface area contributed by atoms with Crippen molar-refractivity contribution in [3.05, 3.63) is 29.8 Å². The largest absolute Gasteiger partial charge is 0.494 e. The van der Waals surface area contributed by atoms with Gasteiger partial charge in [-0.05, 0) is 56.4 Å². The third kappa shape index (κ3) is 9.72. The molecule has 1 rings (SSSR count). The number of rotatable bonds is 12. The number of carbonyl (C=O) groups is 3. The molecule has 3 N–H and O–H groups in total. The molecule has 0 fully saturated rings. The lowest BCUT2D eigenvalue weighted by atomic mass is 10.0. The molecule has 0 aromatic heterocycles. The van der Waals surface area contributed by atoms with Crippen molar-refractivity contribution in [1.29, 1.82) is 0 Å². The Bertz CT molecular complexity index is 704. The lowest BCUT2D eigenvalue weighted by Crippen LogP contribution is -2.53. The van der Waals surface area contributed by atoms with Gasteiger partial charge in [-0.3, -0.25) is 9.59 Å². The molecule has 0 aliphatic rings. The summed E-state index contributed by atoms with van der Waals surface area (Å²) in [5.74, 6) is 0.258. The average molecular weight is 436 g/mol. The predicted octanol–water partition coefficient (Wildman–Crippen LogP) is 3.12. The van der Waals surface area contributed by atoms with Crippen LogP contribution in [0.3, 0.4) is 0 Å². The van der Waals surface area contributed by atoms with Crippen molar-refractivity contribution in [3.8, 4) is 5.75 Å². The second kappa shape index (κ2) is 13.5. The van der Waals surface area contributed by atoms with E-state index in [1.165, 1.54) is 0 Å². The monoisotopic (exact) mass is 435 g/mol. The Morgan fingerprint density at radius 1 is 0.935 bits per heavy atom. The van der Waals surface area contributed by atoms with E-state index in [2.05, 4.69) is 16.0 Å². The zero-order valence-electron chi connectivity index (χ0n) is 19.5. The number of hydrogen-bond acceptors (Lipinski definition) is 5. The minimum absolute atomic E-state index is 0.117. The van der Waals surface area contributed by atoms with Gasteiger partial charge in [0.1, 0.15) is 11.8 Å². The number of amides is 3. The highest BCUT2D eigenvalue weighted by Gasteiger charge is 2.26. The van der Waals surface area contributed by atoms with Crippen LogP contribution >= 0.6 is 0 Å². The highest BCUT2D eigenvalue weighted by molar-refractivity contribution is 5.97. The molecule has 0 aliphatic heterocycles. The SMILES string of the molecule is CCOC(=O)NC(CNC(=O)C(NC(=O)c1ccc(OCC)cc1)C(C)C)CC(C)C. The van der Waals surface area contributed by atoms with E-state index in [-0.39, 0.29) is 36.9 Å². The first-order valence-electron chi connectivity index (χ1n) is 10.9. The van der Waals surface area contributed by atoms with Crippen LogP contribution in [0, 0.1) is 11.8 Å². The van der Waals surface area contributed by atoms with Gasteiger partial charge in [0, 0.05) is 18.2 Å². The number of carbonyl (C=O) groups excluding carboxylic acids is 3. The number of ether oxygens (including phenoxy) is 2. The molecule has 2 atom stereocenters. The summed E-state index contributed by atoms with van der Waals surface area (Å²) in [7, 11) is 0. The fraction of sp³-hybridized carbons (Fsp3) is 0.609. The van der Waals surface area contributed by atoms with Gasteiger partial charge in [0.2, 0.25) is 5.91 Å². The summed E-state index contributed by atoms with van der Waals surface area (Å²) in [5, 5.41) is 8.44. The molecular formula is C23H37N3O5. The van der Waals surface area contributed by atoms with Crippen LogP contribution in [0.5, 0.6) is 5.75 Å². The van der Waals surface area contributed by atoms with E-state index < -0.39 is 12.1 Å². The molecule has 8 nitrogen and oxygen atoms in total. The van der Waals surface area contributed by atoms with Gasteiger partial charge in [-0.2, -0.15) is 0 Å². The molecule has 8 heteroatoms. The van der Waals surface area contributed by atoms with E-state index in [1.54, 1.807) is 31.2 Å². The molecule has 0 saturated carbocycles. The highest BCUT2D eigenvalue weighted by atomic mass is 16.5. The van der Waals surface area contributed by atoms with Gasteiger partial charge in [-0.1, -0.05) is 27.7 Å². The van der Waals surface area contributed by atoms with E-state index in [9.17, 15) is 14.4 Å². The first-order chi connectivity index (χ1) is 14.7. The number of alkyl carbamates (subject to hydrolysis) is 1. The van der Waals surface area contributed by atoms with Gasteiger partial charge in [-0.25, -0.2) is 4.79 Å². The zero-order chi connectivity index (χ0) is 23.4. The van der Waals surface area contributed by atoms with Crippen LogP contribution < -0.4 is 20.7 Å². The van der Waals surface area contributed by atoms with Crippen LogP contribution in [0.2, 0.25) is 0 Å². The minimum atomic E-state index is -0.707. The van der Waals surface area contributed by atoms with Crippen LogP contribution in [0.1, 0.15) is 58.3 Å². The van der Waals surface area contributed by atoms with E-state index in [0.717, 1.165) is 0 Å². The smallest absolute Gasteiger partial charge is 0.407 e. The molecule has 1 aromatic carbocycles. The summed E-state index contributed by atoms with van der Waals surface area (Å²) in [6, 6.07) is 5.80. The van der Waals surface area contributed by atoms with Gasteiger partial charge in [0.15, 0.2) is 0 Å². The van der Waals surface area contributed by atoms with Crippen molar-refractivity contribution in [1.82, 2.24) is 16.0 Å². The standard InChI is InChI=1S/C23H37N3O5/c1-7-30-19-11-9-17(10-12-19)21(27)26-20(16(5)6)22(28)24-14-18(13-15(3)4)25-23(29)31-8-2/h9-12,15-16,18,20H,7-8,13-14H2,1-6H3,(H,24,28)(H,25,29)(H,26,27). The lowest BCUT2D eigenvalue weighted by molar-refractivity contribution is -0.124. The normalized spacial score (nSPS) is 12.8. The van der Waals surface area contributed by atoms with Gasteiger partial charge in [0.05, 0.1) is 13.2 Å². The van der Waals surface area contributed by atoms with Crippen LogP contribution in [0.15, 0.2) is 24.3 Å². The second-order valence-electron chi connectivity index (χ2n) is 8.09. The van der Waals surface area contributed by atoms with Crippen LogP contribution in [0.25, 0.3) is 0 Å². The van der Waals surface area contributed by atoms with Gasteiger partial charge >= 0.3 is 6.09 Å². The molecule has 0 spiro atoms. The molecule has 0 radical (unpaired) electrons. The Morgan fingerprint density at radius 2 is 1.58 bits per heavy atom. The van der Waals surface area contributed by atoms with Crippen molar-refractivity contribution >= 4 is 17.9 Å². The van der Waals surface area contributed by atoms with Gasteiger partial charge < -0.3 is 25.4 Å². The van der Waals surface area contributed by atoms with Crippen LogP contribution in [-0.4, -0.2) is 49.7 Å². The molecule has 0 aliphatic carbocycles. The predicted molar refractivity (Wildman–Crippen MR) is 120 cm³/mol. The molecule has 1 aromatic rings. The summed E-state index contributed by atoms with van der Waals surface area (Å²) in [5.41, 5.74) is 0.448. The third-order valence-corrected chi connectivity index (χ3v) is 4.54. The fourth-order valence-corrected chi connectivity index (χ4v) is 3.06. The van der Waals surface area contributed by atoms with E-state index in [4.69, 9.17) is 9.47 Å². The van der Waals surface area contributed by atoms with Gasteiger partial charge in [-0.15, -0.1) is 0 Å². The molecule has 0 heterocycles. The topological polar surface area (TPSA) is 106 Å². The lowest BCUT2D eigenvalue weighted by Gasteiger charge is -2.25.